The fraction of sp³-hybridized carbons (Fsp3) is 0.489. The van der Waals surface area contributed by atoms with Gasteiger partial charge in [0, 0.05) is 58.7 Å². The summed E-state index contributed by atoms with van der Waals surface area (Å²) in [4.78, 5) is 136. The Kier molecular flexibility index (Phi) is 25.6. The van der Waals surface area contributed by atoms with Crippen LogP contribution in [0, 0.1) is 0 Å². The van der Waals surface area contributed by atoms with Gasteiger partial charge in [0.15, 0.2) is 5.66 Å². The van der Waals surface area contributed by atoms with E-state index in [0.717, 1.165) is 5.56 Å². The average Bonchev–Trinajstić information content (AvgIpc) is 3.31. The van der Waals surface area contributed by atoms with Crippen LogP contribution in [0.1, 0.15) is 81.8 Å². The molecule has 384 valence electrons. The molecule has 70 heavy (non-hydrogen) atoms. The van der Waals surface area contributed by atoms with Crippen LogP contribution in [0.2, 0.25) is 0 Å². The molecule has 0 aliphatic rings. The summed E-state index contributed by atoms with van der Waals surface area (Å²) in [5, 5.41) is 55.9. The first-order chi connectivity index (χ1) is 33.1. The lowest BCUT2D eigenvalue weighted by Gasteiger charge is -2.26. The minimum absolute atomic E-state index is 0.0171. The van der Waals surface area contributed by atoms with Gasteiger partial charge in [0.2, 0.25) is 35.4 Å². The number of urea groups is 1. The molecule has 0 saturated heterocycles. The molecule has 0 aliphatic heterocycles. The Balaban J connectivity index is 1.91. The first kappa shape index (κ1) is 58.5. The van der Waals surface area contributed by atoms with Crippen molar-refractivity contribution in [2.45, 2.75) is 119 Å². The second kappa shape index (κ2) is 30.7. The smallest absolute Gasteiger partial charge is 0.344 e. The number of hydrogen-bond acceptors (Lipinski definition) is 13. The number of likely N-dealkylation sites (N-methyl/N-ethyl adjacent to an activating group) is 1. The molecule has 0 unspecified atom stereocenters. The molecule has 2 aromatic rings. The second-order valence-electron chi connectivity index (χ2n) is 16.3. The number of hydrogen-bond donors (Lipinski definition) is 14. The molecule has 8 amide bonds. The third-order valence-electron chi connectivity index (χ3n) is 10.6. The van der Waals surface area contributed by atoms with Gasteiger partial charge in [-0.05, 0) is 30.4 Å². The van der Waals surface area contributed by atoms with Crippen LogP contribution in [-0.4, -0.2) is 142 Å². The Labute approximate surface area is 403 Å². The van der Waals surface area contributed by atoms with Crippen LogP contribution in [0.25, 0.3) is 0 Å². The number of nitrogens with two attached hydrogens (primary N) is 2. The summed E-state index contributed by atoms with van der Waals surface area (Å²) < 4.78 is 0. The molecule has 0 heterocycles. The van der Waals surface area contributed by atoms with Crippen LogP contribution >= 0.6 is 0 Å². The van der Waals surface area contributed by atoms with Crippen molar-refractivity contribution < 1.29 is 73.2 Å². The van der Waals surface area contributed by atoms with E-state index in [9.17, 15) is 63.0 Å². The normalized spacial score (nSPS) is 13.8. The van der Waals surface area contributed by atoms with Crippen LogP contribution < -0.4 is 54.0 Å². The van der Waals surface area contributed by atoms with E-state index in [-0.39, 0.29) is 38.6 Å². The van der Waals surface area contributed by atoms with Gasteiger partial charge in [-0.25, -0.2) is 14.4 Å². The van der Waals surface area contributed by atoms with Gasteiger partial charge in [0.25, 0.3) is 0 Å². The summed E-state index contributed by atoms with van der Waals surface area (Å²) in [6, 6.07) is 9.61. The van der Waals surface area contributed by atoms with E-state index in [4.69, 9.17) is 21.7 Å². The monoisotopic (exact) mass is 984 g/mol. The van der Waals surface area contributed by atoms with Gasteiger partial charge in [-0.3, -0.25) is 44.1 Å². The Bertz CT molecular complexity index is 2110. The zero-order chi connectivity index (χ0) is 52.2. The maximum Gasteiger partial charge on any atom is 0.344 e. The van der Waals surface area contributed by atoms with E-state index in [1.807, 2.05) is 10.6 Å². The molecule has 0 radical (unpaired) electrons. The van der Waals surface area contributed by atoms with E-state index < -0.39 is 127 Å². The molecule has 0 aromatic heterocycles. The van der Waals surface area contributed by atoms with E-state index >= 15 is 0 Å². The van der Waals surface area contributed by atoms with Gasteiger partial charge in [-0.15, -0.1) is 0 Å². The summed E-state index contributed by atoms with van der Waals surface area (Å²) in [7, 11) is 1.27. The fourth-order valence-corrected chi connectivity index (χ4v) is 6.63. The Morgan fingerprint density at radius 3 is 1.67 bits per heavy atom. The molecule has 0 spiro atoms. The zero-order valence-electron chi connectivity index (χ0n) is 38.7. The van der Waals surface area contributed by atoms with Crippen molar-refractivity contribution >= 4 is 65.4 Å². The number of carbonyl (C=O) groups excluding carboxylic acids is 7. The quantitative estimate of drug-likeness (QED) is 0.0277. The van der Waals surface area contributed by atoms with E-state index in [1.165, 1.54) is 7.05 Å². The van der Waals surface area contributed by atoms with Gasteiger partial charge < -0.3 is 68.7 Å². The molecular weight excluding hydrogens is 921 g/mol. The third-order valence-corrected chi connectivity index (χ3v) is 10.6. The third kappa shape index (κ3) is 22.9. The van der Waals surface area contributed by atoms with Crippen LogP contribution in [0.5, 0.6) is 0 Å². The summed E-state index contributed by atoms with van der Waals surface area (Å²) in [6.07, 6.45) is 0.392. The molecule has 6 atom stereocenters. The molecular formula is C45H64N10O15. The second-order valence-corrected chi connectivity index (χ2v) is 16.3. The minimum Gasteiger partial charge on any atom is -0.481 e. The van der Waals surface area contributed by atoms with Crippen molar-refractivity contribution in [3.05, 3.63) is 71.8 Å². The largest absolute Gasteiger partial charge is 0.481 e. The first-order valence-corrected chi connectivity index (χ1v) is 22.4. The lowest BCUT2D eigenvalue weighted by molar-refractivity contribution is -0.145. The molecule has 2 aromatic carbocycles. The number of carbonyl (C=O) groups is 11. The number of unbranched alkanes of at least 4 members (excludes halogenated alkanes) is 4. The van der Waals surface area contributed by atoms with Gasteiger partial charge in [0.05, 0.1) is 6.42 Å². The Morgan fingerprint density at radius 2 is 1.13 bits per heavy atom. The van der Waals surface area contributed by atoms with Gasteiger partial charge in [-0.1, -0.05) is 79.9 Å². The summed E-state index contributed by atoms with van der Waals surface area (Å²) in [5.74, 6) is -9.93. The number of nitrogens with one attached hydrogen (secondary N) is 8. The van der Waals surface area contributed by atoms with Gasteiger partial charge in [0.1, 0.15) is 30.2 Å². The van der Waals surface area contributed by atoms with Crippen LogP contribution in [-0.2, 0) is 60.8 Å². The summed E-state index contributed by atoms with van der Waals surface area (Å²) in [6.45, 7) is -0.190. The molecule has 25 nitrogen and oxygen atoms in total. The number of benzene rings is 2. The standard InChI is InChI=1S/C45H64N10O15/c1-48-39(63)33(25-37(60)61)52-38(62)29(46)26-50-40(64)31(23-27-13-7-5-8-14-27)53-41(65)32(24-28-15-9-6-10-16-28)51-35(57)17-11-3-2-4-12-22-49-34(56)19-18-30(42(66)67)54-44(70)55-45(47,43(68)69)21-20-36(58)59/h5-10,13-16,29-33H,2-4,11-12,17-26,46-47H2,1H3,(H,48,63)(H,49,56)(H,50,64)(H,51,57)(H,52,62)(H,53,65)(H,58,59)(H,60,61)(H,66,67)(H,68,69)(H2,54,55,70)/t29-,30-,31-,32-,33-,45-/m0/s1. The van der Waals surface area contributed by atoms with Crippen molar-refractivity contribution in [2.75, 3.05) is 20.1 Å². The molecule has 0 bridgehead atoms. The summed E-state index contributed by atoms with van der Waals surface area (Å²) >= 11 is 0. The SMILES string of the molecule is CNC(=O)[C@H](CC(=O)O)NC(=O)[C@@H](N)CNC(=O)[C@H](Cc1ccccc1)NC(=O)[C@H](Cc1ccccc1)NC(=O)CCCCCCCNC(=O)CC[C@H](NC(=O)N[C@@](N)(CCC(=O)O)C(=O)O)C(=O)O. The Hall–Kier alpha value is -7.67. The van der Waals surface area contributed by atoms with E-state index in [2.05, 4.69) is 31.9 Å². The molecule has 2 rings (SSSR count). The van der Waals surface area contributed by atoms with Crippen molar-refractivity contribution in [1.82, 2.24) is 42.5 Å². The van der Waals surface area contributed by atoms with Crippen molar-refractivity contribution in [3.63, 3.8) is 0 Å². The number of amides is 8. The van der Waals surface area contributed by atoms with Crippen LogP contribution in [0.4, 0.5) is 4.79 Å². The van der Waals surface area contributed by atoms with Gasteiger partial charge in [-0.2, -0.15) is 0 Å². The lowest BCUT2D eigenvalue weighted by atomic mass is 10.0. The predicted octanol–water partition coefficient (Wildman–Crippen LogP) is -1.82. The molecule has 16 N–H and O–H groups in total. The molecule has 0 fully saturated rings. The maximum atomic E-state index is 13.9. The predicted molar refractivity (Wildman–Crippen MR) is 248 cm³/mol. The first-order valence-electron chi connectivity index (χ1n) is 22.4. The highest BCUT2D eigenvalue weighted by molar-refractivity contribution is 5.94. The van der Waals surface area contributed by atoms with Crippen LogP contribution in [0.3, 0.4) is 0 Å². The molecule has 25 heteroatoms. The number of carboxylic acid groups (broad SMARTS) is 4. The maximum absolute atomic E-state index is 13.9. The van der Waals surface area contributed by atoms with Crippen molar-refractivity contribution in [3.8, 4) is 0 Å². The highest BCUT2D eigenvalue weighted by Gasteiger charge is 2.37. The number of rotatable bonds is 33. The number of aliphatic carboxylic acids is 4. The highest BCUT2D eigenvalue weighted by Crippen LogP contribution is 2.11. The van der Waals surface area contributed by atoms with Crippen molar-refractivity contribution in [1.29, 1.82) is 0 Å². The van der Waals surface area contributed by atoms with Crippen LogP contribution in [0.15, 0.2) is 60.7 Å². The van der Waals surface area contributed by atoms with E-state index in [1.54, 1.807) is 60.7 Å². The topological polar surface area (TPSA) is 417 Å². The highest BCUT2D eigenvalue weighted by atomic mass is 16.4. The van der Waals surface area contributed by atoms with E-state index in [0.29, 0.717) is 37.7 Å². The van der Waals surface area contributed by atoms with Gasteiger partial charge >= 0.3 is 29.9 Å². The van der Waals surface area contributed by atoms with Crippen molar-refractivity contribution in [2.24, 2.45) is 11.5 Å². The Morgan fingerprint density at radius 1 is 0.571 bits per heavy atom. The summed E-state index contributed by atoms with van der Waals surface area (Å²) in [5.41, 5.74) is 10.5. The molecule has 0 aliphatic carbocycles. The lowest BCUT2D eigenvalue weighted by Crippen LogP contribution is -2.64. The molecule has 0 saturated carbocycles. The fourth-order valence-electron chi connectivity index (χ4n) is 6.63. The number of carboxylic acids is 4. The zero-order valence-corrected chi connectivity index (χ0v) is 38.7. The average molecular weight is 985 g/mol. The minimum atomic E-state index is -2.49.